The van der Waals surface area contributed by atoms with E-state index in [9.17, 15) is 9.59 Å². The van der Waals surface area contributed by atoms with Crippen LogP contribution in [0.1, 0.15) is 205 Å². The third-order valence-electron chi connectivity index (χ3n) is 10.3. The fourth-order valence-electron chi connectivity index (χ4n) is 7.04. The normalized spacial score (nSPS) is 11.2. The molecule has 0 saturated carbocycles. The zero-order valence-electron chi connectivity index (χ0n) is 33.8. The van der Waals surface area contributed by atoms with Crippen LogP contribution in [0.25, 0.3) is 11.4 Å². The standard InChI is InChI=1S/C46H78N4O2/c1-3-5-7-9-11-13-15-17-19-21-23-25-27-29-33-49-45(51)39-41-31-35-47-43(37-41)44-38-42(32-36-48-44)40-46(52)50-34-30-28-26-24-22-20-18-16-14-12-10-8-6-4-2/h31-32,35-38H,3-30,33-34,39-40H2,1-2H3,(H,49,51)(H,50,52). The number of amides is 2. The van der Waals surface area contributed by atoms with E-state index in [1.54, 1.807) is 12.4 Å². The van der Waals surface area contributed by atoms with Gasteiger partial charge in [-0.05, 0) is 48.2 Å². The summed E-state index contributed by atoms with van der Waals surface area (Å²) in [6, 6.07) is 7.66. The van der Waals surface area contributed by atoms with E-state index in [1.165, 1.54) is 167 Å². The Bertz CT molecular complexity index is 1060. The fourth-order valence-corrected chi connectivity index (χ4v) is 7.04. The van der Waals surface area contributed by atoms with Gasteiger partial charge < -0.3 is 10.6 Å². The van der Waals surface area contributed by atoms with Crippen LogP contribution in [0, 0.1) is 0 Å². The first-order valence-electron chi connectivity index (χ1n) is 22.1. The molecule has 0 radical (unpaired) electrons. The molecule has 0 saturated heterocycles. The molecule has 0 aromatic carbocycles. The lowest BCUT2D eigenvalue weighted by molar-refractivity contribution is -0.121. The molecular formula is C46H78N4O2. The topological polar surface area (TPSA) is 84.0 Å². The van der Waals surface area contributed by atoms with Gasteiger partial charge in [0.05, 0.1) is 24.2 Å². The number of carbonyl (C=O) groups excluding carboxylic acids is 2. The van der Waals surface area contributed by atoms with Crippen molar-refractivity contribution in [2.45, 2.75) is 206 Å². The summed E-state index contributed by atoms with van der Waals surface area (Å²) < 4.78 is 0. The minimum Gasteiger partial charge on any atom is -0.356 e. The van der Waals surface area contributed by atoms with E-state index in [0.29, 0.717) is 12.8 Å². The fraction of sp³-hybridized carbons (Fsp3) is 0.739. The maximum atomic E-state index is 12.6. The van der Waals surface area contributed by atoms with Crippen molar-refractivity contribution >= 4 is 11.8 Å². The molecule has 6 nitrogen and oxygen atoms in total. The van der Waals surface area contributed by atoms with Crippen LogP contribution in [0.2, 0.25) is 0 Å². The van der Waals surface area contributed by atoms with Crippen LogP contribution in [0.3, 0.4) is 0 Å². The van der Waals surface area contributed by atoms with E-state index in [4.69, 9.17) is 0 Å². The second-order valence-electron chi connectivity index (χ2n) is 15.3. The van der Waals surface area contributed by atoms with E-state index in [-0.39, 0.29) is 11.8 Å². The van der Waals surface area contributed by atoms with Crippen molar-refractivity contribution in [3.05, 3.63) is 47.8 Å². The minimum atomic E-state index is 0.0454. The molecule has 0 unspecified atom stereocenters. The molecule has 2 rings (SSSR count). The lowest BCUT2D eigenvalue weighted by Gasteiger charge is -2.08. The molecule has 0 bridgehead atoms. The molecule has 0 aliphatic rings. The third-order valence-corrected chi connectivity index (χ3v) is 10.3. The van der Waals surface area contributed by atoms with Gasteiger partial charge in [-0.3, -0.25) is 19.6 Å². The molecule has 6 heteroatoms. The Morgan fingerprint density at radius 1 is 0.423 bits per heavy atom. The van der Waals surface area contributed by atoms with E-state index >= 15 is 0 Å². The molecule has 0 aliphatic carbocycles. The summed E-state index contributed by atoms with van der Waals surface area (Å²) in [5.41, 5.74) is 3.28. The van der Waals surface area contributed by atoms with Crippen LogP contribution in [-0.2, 0) is 22.4 Å². The van der Waals surface area contributed by atoms with Gasteiger partial charge in [0.25, 0.3) is 0 Å². The number of rotatable bonds is 35. The molecule has 0 fully saturated rings. The minimum absolute atomic E-state index is 0.0454. The number of hydrogen-bond acceptors (Lipinski definition) is 4. The molecule has 2 N–H and O–H groups in total. The number of aromatic nitrogens is 2. The average molecular weight is 719 g/mol. The molecule has 2 aromatic heterocycles. The van der Waals surface area contributed by atoms with E-state index < -0.39 is 0 Å². The second kappa shape index (κ2) is 32.9. The van der Waals surface area contributed by atoms with Crippen molar-refractivity contribution < 1.29 is 9.59 Å². The van der Waals surface area contributed by atoms with Crippen LogP contribution < -0.4 is 10.6 Å². The van der Waals surface area contributed by atoms with Crippen LogP contribution in [0.4, 0.5) is 0 Å². The van der Waals surface area contributed by atoms with Gasteiger partial charge in [0, 0.05) is 25.5 Å². The van der Waals surface area contributed by atoms with Crippen molar-refractivity contribution in [1.82, 2.24) is 20.6 Å². The van der Waals surface area contributed by atoms with Crippen LogP contribution in [0.15, 0.2) is 36.7 Å². The second-order valence-corrected chi connectivity index (χ2v) is 15.3. The predicted molar refractivity (Wildman–Crippen MR) is 222 cm³/mol. The molecule has 52 heavy (non-hydrogen) atoms. The van der Waals surface area contributed by atoms with Gasteiger partial charge in [0.2, 0.25) is 11.8 Å². The number of carbonyl (C=O) groups is 2. The quantitative estimate of drug-likeness (QED) is 0.0695. The summed E-state index contributed by atoms with van der Waals surface area (Å²) in [6.07, 6.45) is 41.5. The Morgan fingerprint density at radius 2 is 0.692 bits per heavy atom. The lowest BCUT2D eigenvalue weighted by atomic mass is 10.0. The van der Waals surface area contributed by atoms with Crippen molar-refractivity contribution in [2.75, 3.05) is 13.1 Å². The molecule has 0 aliphatic heterocycles. The monoisotopic (exact) mass is 719 g/mol. The number of nitrogens with zero attached hydrogens (tertiary/aromatic N) is 2. The number of nitrogens with one attached hydrogen (secondary N) is 2. The average Bonchev–Trinajstić information content (AvgIpc) is 3.15. The van der Waals surface area contributed by atoms with Crippen molar-refractivity contribution in [3.63, 3.8) is 0 Å². The Hall–Kier alpha value is -2.76. The highest BCUT2D eigenvalue weighted by Crippen LogP contribution is 2.18. The summed E-state index contributed by atoms with van der Waals surface area (Å²) in [7, 11) is 0. The molecule has 0 spiro atoms. The van der Waals surface area contributed by atoms with Gasteiger partial charge in [-0.2, -0.15) is 0 Å². The summed E-state index contributed by atoms with van der Waals surface area (Å²) in [6.45, 7) is 6.03. The van der Waals surface area contributed by atoms with Gasteiger partial charge in [0.1, 0.15) is 0 Å². The Kier molecular flexibility index (Phi) is 28.7. The SMILES string of the molecule is CCCCCCCCCCCCCCCCNC(=O)Cc1ccnc(-c2cc(CC(=O)NCCCCCCCCCCCCCCCC)ccn2)c1. The van der Waals surface area contributed by atoms with Crippen LogP contribution >= 0.6 is 0 Å². The summed E-state index contributed by atoms with van der Waals surface area (Å²) in [4.78, 5) is 34.3. The first-order chi connectivity index (χ1) is 25.6. The van der Waals surface area contributed by atoms with Gasteiger partial charge in [-0.25, -0.2) is 0 Å². The highest BCUT2D eigenvalue weighted by Gasteiger charge is 2.09. The largest absolute Gasteiger partial charge is 0.356 e. The first kappa shape index (κ1) is 45.4. The predicted octanol–water partition coefficient (Wildman–Crippen LogP) is 12.4. The van der Waals surface area contributed by atoms with Crippen molar-refractivity contribution in [1.29, 1.82) is 0 Å². The summed E-state index contributed by atoms with van der Waals surface area (Å²) >= 11 is 0. The zero-order chi connectivity index (χ0) is 37.2. The van der Waals surface area contributed by atoms with Gasteiger partial charge in [-0.15, -0.1) is 0 Å². The maximum absolute atomic E-state index is 12.6. The van der Waals surface area contributed by atoms with Gasteiger partial charge in [0.15, 0.2) is 0 Å². The number of unbranched alkanes of at least 4 members (excludes halogenated alkanes) is 26. The molecule has 2 aromatic rings. The highest BCUT2D eigenvalue weighted by atomic mass is 16.2. The molecule has 2 amide bonds. The van der Waals surface area contributed by atoms with Crippen molar-refractivity contribution in [3.8, 4) is 11.4 Å². The number of hydrogen-bond donors (Lipinski definition) is 2. The molecule has 294 valence electrons. The van der Waals surface area contributed by atoms with E-state index in [0.717, 1.165) is 48.4 Å². The third kappa shape index (κ3) is 25.3. The molecule has 2 heterocycles. The zero-order valence-corrected chi connectivity index (χ0v) is 33.8. The molecule has 0 atom stereocenters. The summed E-state index contributed by atoms with van der Waals surface area (Å²) in [5.74, 6) is 0.0908. The lowest BCUT2D eigenvalue weighted by Crippen LogP contribution is -2.26. The first-order valence-corrected chi connectivity index (χ1v) is 22.1. The number of pyridine rings is 2. The molecular weight excluding hydrogens is 641 g/mol. The van der Waals surface area contributed by atoms with Gasteiger partial charge >= 0.3 is 0 Å². The Balaban J connectivity index is 1.52. The van der Waals surface area contributed by atoms with Crippen molar-refractivity contribution in [2.24, 2.45) is 0 Å². The van der Waals surface area contributed by atoms with Crippen LogP contribution in [-0.4, -0.2) is 34.9 Å². The highest BCUT2D eigenvalue weighted by molar-refractivity contribution is 5.79. The Labute approximate surface area is 319 Å². The maximum Gasteiger partial charge on any atom is 0.224 e. The summed E-state index contributed by atoms with van der Waals surface area (Å²) in [5, 5.41) is 6.19. The van der Waals surface area contributed by atoms with E-state index in [1.807, 2.05) is 24.3 Å². The smallest absolute Gasteiger partial charge is 0.224 e. The Morgan fingerprint density at radius 3 is 0.981 bits per heavy atom. The van der Waals surface area contributed by atoms with E-state index in [2.05, 4.69) is 34.4 Å². The van der Waals surface area contributed by atoms with Crippen LogP contribution in [0.5, 0.6) is 0 Å². The van der Waals surface area contributed by atoms with Gasteiger partial charge in [-0.1, -0.05) is 181 Å².